The van der Waals surface area contributed by atoms with Gasteiger partial charge in [-0.3, -0.25) is 4.79 Å². The number of halogens is 2. The molecule has 1 aromatic carbocycles. The Morgan fingerprint density at radius 3 is 2.68 bits per heavy atom. The number of amides is 1. The highest BCUT2D eigenvalue weighted by atomic mass is 35.5. The third-order valence-electron chi connectivity index (χ3n) is 5.18. The normalized spacial score (nSPS) is 13.6. The molecular weight excluding hydrogens is 377 g/mol. The Labute approximate surface area is 168 Å². The van der Waals surface area contributed by atoms with Crippen LogP contribution in [0.1, 0.15) is 40.2 Å². The van der Waals surface area contributed by atoms with Crippen molar-refractivity contribution in [1.29, 1.82) is 0 Å². The number of hydrogen-bond acceptors (Lipinski definition) is 2. The van der Waals surface area contributed by atoms with Crippen LogP contribution in [0, 0.1) is 19.7 Å². The third-order valence-corrected chi connectivity index (χ3v) is 5.53. The van der Waals surface area contributed by atoms with Gasteiger partial charge in [-0.25, -0.2) is 9.37 Å². The van der Waals surface area contributed by atoms with E-state index in [-0.39, 0.29) is 24.3 Å². The highest BCUT2D eigenvalue weighted by Gasteiger charge is 2.35. The first-order chi connectivity index (χ1) is 13.5. The summed E-state index contributed by atoms with van der Waals surface area (Å²) in [6.07, 6.45) is 3.58. The fraction of sp³-hybridized carbons (Fsp3) is 0.273. The van der Waals surface area contributed by atoms with E-state index in [4.69, 9.17) is 11.6 Å². The molecule has 0 saturated heterocycles. The molecule has 0 aliphatic heterocycles. The highest BCUT2D eigenvalue weighted by molar-refractivity contribution is 6.31. The zero-order valence-corrected chi connectivity index (χ0v) is 16.6. The van der Waals surface area contributed by atoms with Gasteiger partial charge in [-0.2, -0.15) is 0 Å². The molecule has 1 aliphatic carbocycles. The van der Waals surface area contributed by atoms with Gasteiger partial charge in [0.2, 0.25) is 0 Å². The van der Waals surface area contributed by atoms with Crippen LogP contribution in [0.15, 0.2) is 48.7 Å². The second-order valence-electron chi connectivity index (χ2n) is 7.17. The molecular formula is C22H21ClFN3O. The van der Waals surface area contributed by atoms with E-state index in [1.165, 1.54) is 6.07 Å². The number of carbonyl (C=O) groups excluding carboxylic acids is 1. The Hall–Kier alpha value is -2.66. The Kier molecular flexibility index (Phi) is 4.94. The summed E-state index contributed by atoms with van der Waals surface area (Å²) in [7, 11) is 0. The minimum absolute atomic E-state index is 0.0999. The van der Waals surface area contributed by atoms with Gasteiger partial charge in [-0.1, -0.05) is 23.7 Å². The summed E-state index contributed by atoms with van der Waals surface area (Å²) in [5, 5.41) is 0.345. The Bertz CT molecular complexity index is 1010. The molecule has 144 valence electrons. The van der Waals surface area contributed by atoms with Gasteiger partial charge in [0, 0.05) is 34.2 Å². The summed E-state index contributed by atoms with van der Waals surface area (Å²) >= 11 is 6.20. The van der Waals surface area contributed by atoms with Crippen LogP contribution in [0.25, 0.3) is 5.82 Å². The van der Waals surface area contributed by atoms with Gasteiger partial charge in [0.05, 0.1) is 12.1 Å². The van der Waals surface area contributed by atoms with Crippen molar-refractivity contribution < 1.29 is 9.18 Å². The summed E-state index contributed by atoms with van der Waals surface area (Å²) < 4.78 is 16.3. The van der Waals surface area contributed by atoms with Gasteiger partial charge in [-0.05, 0) is 57.0 Å². The second-order valence-corrected chi connectivity index (χ2v) is 7.58. The minimum atomic E-state index is -0.384. The lowest BCUT2D eigenvalue weighted by Gasteiger charge is -2.23. The molecule has 0 spiro atoms. The molecule has 2 heterocycles. The quantitative estimate of drug-likeness (QED) is 0.601. The molecule has 1 saturated carbocycles. The van der Waals surface area contributed by atoms with E-state index in [1.54, 1.807) is 23.2 Å². The fourth-order valence-corrected chi connectivity index (χ4v) is 3.80. The average molecular weight is 398 g/mol. The number of hydrogen-bond donors (Lipinski definition) is 0. The van der Waals surface area contributed by atoms with Crippen molar-refractivity contribution in [1.82, 2.24) is 14.5 Å². The summed E-state index contributed by atoms with van der Waals surface area (Å²) in [6, 6.07) is 12.3. The average Bonchev–Trinajstić information content (AvgIpc) is 3.47. The Morgan fingerprint density at radius 2 is 2.04 bits per heavy atom. The van der Waals surface area contributed by atoms with Gasteiger partial charge < -0.3 is 9.47 Å². The van der Waals surface area contributed by atoms with Crippen LogP contribution >= 0.6 is 11.6 Å². The van der Waals surface area contributed by atoms with E-state index in [2.05, 4.69) is 4.98 Å². The zero-order chi connectivity index (χ0) is 19.8. The first kappa shape index (κ1) is 18.7. The number of carbonyl (C=O) groups is 1. The number of nitrogens with zero attached hydrogens (tertiary/aromatic N) is 3. The van der Waals surface area contributed by atoms with Crippen molar-refractivity contribution in [2.75, 3.05) is 0 Å². The molecule has 28 heavy (non-hydrogen) atoms. The molecule has 2 aromatic heterocycles. The lowest BCUT2D eigenvalue weighted by molar-refractivity contribution is 0.0727. The molecule has 0 radical (unpaired) electrons. The molecule has 4 rings (SSSR count). The van der Waals surface area contributed by atoms with Crippen LogP contribution in [0.3, 0.4) is 0 Å². The molecule has 0 N–H and O–H groups in total. The summed E-state index contributed by atoms with van der Waals surface area (Å²) in [4.78, 5) is 19.5. The van der Waals surface area contributed by atoms with Crippen molar-refractivity contribution in [3.8, 4) is 5.82 Å². The van der Waals surface area contributed by atoms with Gasteiger partial charge in [0.1, 0.15) is 11.6 Å². The predicted molar refractivity (Wildman–Crippen MR) is 107 cm³/mol. The van der Waals surface area contributed by atoms with Crippen molar-refractivity contribution in [3.63, 3.8) is 0 Å². The molecule has 4 nitrogen and oxygen atoms in total. The monoisotopic (exact) mass is 397 g/mol. The van der Waals surface area contributed by atoms with Gasteiger partial charge in [0.25, 0.3) is 5.91 Å². The number of benzene rings is 1. The molecule has 0 atom stereocenters. The van der Waals surface area contributed by atoms with E-state index in [1.807, 2.05) is 42.7 Å². The molecule has 6 heteroatoms. The van der Waals surface area contributed by atoms with E-state index < -0.39 is 0 Å². The largest absolute Gasteiger partial charge is 0.331 e. The van der Waals surface area contributed by atoms with Crippen LogP contribution in [0.5, 0.6) is 0 Å². The first-order valence-corrected chi connectivity index (χ1v) is 9.69. The smallest absolute Gasteiger partial charge is 0.256 e. The van der Waals surface area contributed by atoms with Gasteiger partial charge in [0.15, 0.2) is 0 Å². The number of aromatic nitrogens is 2. The predicted octanol–water partition coefficient (Wildman–Crippen LogP) is 5.09. The number of rotatable bonds is 5. The molecule has 0 bridgehead atoms. The zero-order valence-electron chi connectivity index (χ0n) is 15.8. The van der Waals surface area contributed by atoms with Crippen molar-refractivity contribution >= 4 is 17.5 Å². The Balaban J connectivity index is 1.69. The molecule has 1 aliphatic rings. The summed E-state index contributed by atoms with van der Waals surface area (Å²) in [5.41, 5.74) is 2.73. The molecule has 1 fully saturated rings. The third kappa shape index (κ3) is 3.42. The standard InChI is InChI=1S/C22H21ClFN3O/c1-14-12-17(15(2)27(14)21-8-3-4-11-25-21)22(28)26(16-9-10-16)13-18-19(23)6-5-7-20(18)24/h3-8,11-12,16H,9-10,13H2,1-2H3. The van der Waals surface area contributed by atoms with Crippen molar-refractivity contribution in [2.45, 2.75) is 39.3 Å². The van der Waals surface area contributed by atoms with E-state index >= 15 is 0 Å². The molecule has 3 aromatic rings. The fourth-order valence-electron chi connectivity index (χ4n) is 3.58. The van der Waals surface area contributed by atoms with Crippen LogP contribution < -0.4 is 0 Å². The van der Waals surface area contributed by atoms with Gasteiger partial charge >= 0.3 is 0 Å². The van der Waals surface area contributed by atoms with Crippen LogP contribution in [0.2, 0.25) is 5.02 Å². The number of aryl methyl sites for hydroxylation is 1. The maximum Gasteiger partial charge on any atom is 0.256 e. The lowest BCUT2D eigenvalue weighted by atomic mass is 10.1. The van der Waals surface area contributed by atoms with Crippen LogP contribution in [0.4, 0.5) is 4.39 Å². The topological polar surface area (TPSA) is 38.1 Å². The van der Waals surface area contributed by atoms with Crippen molar-refractivity contribution in [2.24, 2.45) is 0 Å². The van der Waals surface area contributed by atoms with E-state index in [0.717, 1.165) is 30.0 Å². The summed E-state index contributed by atoms with van der Waals surface area (Å²) in [5.74, 6) is 0.286. The number of pyridine rings is 1. The Morgan fingerprint density at radius 1 is 1.25 bits per heavy atom. The molecule has 0 unspecified atom stereocenters. The first-order valence-electron chi connectivity index (χ1n) is 9.31. The van der Waals surface area contributed by atoms with E-state index in [0.29, 0.717) is 16.1 Å². The van der Waals surface area contributed by atoms with Crippen LogP contribution in [-0.4, -0.2) is 26.4 Å². The highest BCUT2D eigenvalue weighted by Crippen LogP contribution is 2.33. The van der Waals surface area contributed by atoms with E-state index in [9.17, 15) is 9.18 Å². The maximum atomic E-state index is 14.3. The lowest BCUT2D eigenvalue weighted by Crippen LogP contribution is -2.33. The minimum Gasteiger partial charge on any atom is -0.331 e. The second kappa shape index (κ2) is 7.40. The van der Waals surface area contributed by atoms with Gasteiger partial charge in [-0.15, -0.1) is 0 Å². The van der Waals surface area contributed by atoms with Crippen LogP contribution in [-0.2, 0) is 6.54 Å². The van der Waals surface area contributed by atoms with Crippen molar-refractivity contribution in [3.05, 3.63) is 82.0 Å². The maximum absolute atomic E-state index is 14.3. The SMILES string of the molecule is Cc1cc(C(=O)N(Cc2c(F)cccc2Cl)C2CC2)c(C)n1-c1ccccn1. The summed E-state index contributed by atoms with van der Waals surface area (Å²) in [6.45, 7) is 4.03. The molecule has 1 amide bonds.